The fraction of sp³-hybridized carbons (Fsp3) is 1.00. The minimum absolute atomic E-state index is 0.406. The van der Waals surface area contributed by atoms with Crippen molar-refractivity contribution in [2.75, 3.05) is 13.5 Å². The molecular weight excluding hydrogens is 136 g/mol. The molecule has 0 unspecified atom stereocenters. The van der Waals surface area contributed by atoms with E-state index < -0.39 is 10.5 Å². The van der Waals surface area contributed by atoms with Crippen LogP contribution < -0.4 is 0 Å². The number of thiol groups is 1. The summed E-state index contributed by atoms with van der Waals surface area (Å²) >= 11 is 0. The van der Waals surface area contributed by atoms with Gasteiger partial charge in [0.05, 0.1) is 0 Å². The summed E-state index contributed by atoms with van der Waals surface area (Å²) in [5, 5.41) is 0.587. The third-order valence-electron chi connectivity index (χ3n) is 1.05. The molecule has 0 aromatic heterocycles. The molecule has 0 aliphatic carbocycles. The van der Waals surface area contributed by atoms with Crippen molar-refractivity contribution in [2.24, 2.45) is 8.73 Å². The normalized spacial score (nSPS) is 21.2. The van der Waals surface area contributed by atoms with Crippen LogP contribution >= 0.6 is 0 Å². The molecule has 1 aliphatic rings. The van der Waals surface area contributed by atoms with E-state index in [0.717, 1.165) is 0 Å². The van der Waals surface area contributed by atoms with E-state index in [4.69, 9.17) is 4.74 Å². The molecule has 0 bridgehead atoms. The molecule has 54 valence electrons. The summed E-state index contributed by atoms with van der Waals surface area (Å²) in [4.78, 5) is 0. The van der Waals surface area contributed by atoms with Crippen LogP contribution in [0, 0.1) is 0 Å². The molecule has 0 spiro atoms. The molecule has 0 aromatic carbocycles. The molecule has 0 amide bonds. The van der Waals surface area contributed by atoms with E-state index in [0.29, 0.717) is 18.7 Å². The third-order valence-corrected chi connectivity index (χ3v) is 2.78. The van der Waals surface area contributed by atoms with Gasteiger partial charge in [0.25, 0.3) is 0 Å². The number of ether oxygens (including phenoxy) is 1. The van der Waals surface area contributed by atoms with E-state index >= 15 is 0 Å². The highest BCUT2D eigenvalue weighted by atomic mass is 32.2. The molecular formula is C5H12N2OS. The van der Waals surface area contributed by atoms with Crippen molar-refractivity contribution in [3.8, 4) is 0 Å². The molecule has 0 atom stereocenters. The summed E-state index contributed by atoms with van der Waals surface area (Å²) in [6.07, 6.45) is 0. The maximum absolute atomic E-state index is 4.93. The predicted octanol–water partition coefficient (Wildman–Crippen LogP) is 1.06. The van der Waals surface area contributed by atoms with Crippen molar-refractivity contribution < 1.29 is 4.74 Å². The van der Waals surface area contributed by atoms with Crippen molar-refractivity contribution >= 4 is 10.5 Å². The minimum Gasteiger partial charge on any atom is -0.336 e. The van der Waals surface area contributed by atoms with Gasteiger partial charge in [-0.05, 0) is 0 Å². The molecule has 1 heterocycles. The van der Waals surface area contributed by atoms with Gasteiger partial charge in [-0.25, -0.2) is 8.73 Å². The van der Waals surface area contributed by atoms with E-state index in [1.807, 2.05) is 0 Å². The topological polar surface area (TPSA) is 34.0 Å². The SMILES string of the molecule is CC(C)[SH]1=NCOCN=1. The first-order chi connectivity index (χ1) is 4.30. The Balaban J connectivity index is 2.68. The zero-order valence-electron chi connectivity index (χ0n) is 5.74. The Hall–Kier alpha value is -0.0900. The Bertz CT molecular complexity index is 158. The van der Waals surface area contributed by atoms with Gasteiger partial charge in [-0.15, -0.1) is 0 Å². The molecule has 4 heteroatoms. The first-order valence-corrected chi connectivity index (χ1v) is 4.34. The van der Waals surface area contributed by atoms with Crippen LogP contribution in [0.1, 0.15) is 13.8 Å². The lowest BCUT2D eigenvalue weighted by atomic mass is 10.6. The molecule has 0 aromatic rings. The average Bonchev–Trinajstić information content (AvgIpc) is 1.90. The highest BCUT2D eigenvalue weighted by Gasteiger charge is 1.95. The zero-order chi connectivity index (χ0) is 6.69. The van der Waals surface area contributed by atoms with Gasteiger partial charge in [-0.2, -0.15) is 0 Å². The van der Waals surface area contributed by atoms with Gasteiger partial charge in [0.1, 0.15) is 13.5 Å². The lowest BCUT2D eigenvalue weighted by Crippen LogP contribution is -2.05. The van der Waals surface area contributed by atoms with E-state index in [2.05, 4.69) is 22.6 Å². The summed E-state index contributed by atoms with van der Waals surface area (Å²) in [6.45, 7) is 5.38. The number of rotatable bonds is 1. The Labute approximate surface area is 57.3 Å². The van der Waals surface area contributed by atoms with E-state index in [-0.39, 0.29) is 0 Å². The molecule has 3 nitrogen and oxygen atoms in total. The summed E-state index contributed by atoms with van der Waals surface area (Å²) in [5.74, 6) is 0. The molecule has 0 saturated heterocycles. The Morgan fingerprint density at radius 3 is 2.22 bits per heavy atom. The van der Waals surface area contributed by atoms with Crippen LogP contribution in [0.25, 0.3) is 0 Å². The highest BCUT2D eigenvalue weighted by Crippen LogP contribution is 1.98. The van der Waals surface area contributed by atoms with Crippen molar-refractivity contribution in [3.05, 3.63) is 0 Å². The summed E-state index contributed by atoms with van der Waals surface area (Å²) in [5.41, 5.74) is 0. The quantitative estimate of drug-likeness (QED) is 0.554. The minimum atomic E-state index is -0.406. The van der Waals surface area contributed by atoms with E-state index in [1.54, 1.807) is 0 Å². The molecule has 0 radical (unpaired) electrons. The second kappa shape index (κ2) is 3.17. The molecule has 0 fully saturated rings. The van der Waals surface area contributed by atoms with Gasteiger partial charge in [-0.3, -0.25) is 0 Å². The van der Waals surface area contributed by atoms with E-state index in [1.165, 1.54) is 0 Å². The number of nitrogens with zero attached hydrogens (tertiary/aromatic N) is 2. The van der Waals surface area contributed by atoms with Crippen LogP contribution in [-0.4, -0.2) is 18.7 Å². The van der Waals surface area contributed by atoms with Crippen molar-refractivity contribution in [2.45, 2.75) is 19.1 Å². The summed E-state index contributed by atoms with van der Waals surface area (Å²) in [6, 6.07) is 0. The average molecular weight is 148 g/mol. The standard InChI is InChI=1S/C5H12N2OS/c1-5(2)9-6-3-8-4-7-9/h5,9H,3-4H2,1-2H3. The van der Waals surface area contributed by atoms with Gasteiger partial charge in [-0.1, -0.05) is 24.3 Å². The largest absolute Gasteiger partial charge is 0.336 e. The Morgan fingerprint density at radius 1 is 1.33 bits per heavy atom. The Morgan fingerprint density at radius 2 is 1.89 bits per heavy atom. The maximum Gasteiger partial charge on any atom is 0.147 e. The molecule has 1 rings (SSSR count). The summed E-state index contributed by atoms with van der Waals surface area (Å²) < 4.78 is 13.3. The zero-order valence-corrected chi connectivity index (χ0v) is 6.64. The summed E-state index contributed by atoms with van der Waals surface area (Å²) in [7, 11) is -0.406. The molecule has 0 saturated carbocycles. The van der Waals surface area contributed by atoms with Gasteiger partial charge >= 0.3 is 0 Å². The van der Waals surface area contributed by atoms with Gasteiger partial charge < -0.3 is 4.74 Å². The smallest absolute Gasteiger partial charge is 0.147 e. The van der Waals surface area contributed by atoms with Crippen molar-refractivity contribution in [1.82, 2.24) is 0 Å². The maximum atomic E-state index is 4.93. The number of hydrogen-bond acceptors (Lipinski definition) is 3. The monoisotopic (exact) mass is 148 g/mol. The van der Waals surface area contributed by atoms with Crippen molar-refractivity contribution in [3.63, 3.8) is 0 Å². The molecule has 9 heavy (non-hydrogen) atoms. The second-order valence-corrected chi connectivity index (χ2v) is 4.40. The van der Waals surface area contributed by atoms with Crippen LogP contribution in [0.3, 0.4) is 0 Å². The fourth-order valence-electron chi connectivity index (χ4n) is 0.612. The van der Waals surface area contributed by atoms with Crippen LogP contribution in [-0.2, 0) is 15.2 Å². The number of hydrogen-bond donors (Lipinski definition) is 1. The second-order valence-electron chi connectivity index (χ2n) is 2.16. The molecule has 1 aliphatic heterocycles. The van der Waals surface area contributed by atoms with Crippen LogP contribution in [0.4, 0.5) is 0 Å². The van der Waals surface area contributed by atoms with Crippen LogP contribution in [0.15, 0.2) is 8.73 Å². The Kier molecular flexibility index (Phi) is 2.48. The first kappa shape index (κ1) is 7.02. The van der Waals surface area contributed by atoms with Gasteiger partial charge in [0.15, 0.2) is 0 Å². The lowest BCUT2D eigenvalue weighted by Gasteiger charge is -2.07. The predicted molar refractivity (Wildman–Crippen MR) is 39.6 cm³/mol. The van der Waals surface area contributed by atoms with Gasteiger partial charge in [0, 0.05) is 5.25 Å². The van der Waals surface area contributed by atoms with E-state index in [9.17, 15) is 0 Å². The lowest BCUT2D eigenvalue weighted by molar-refractivity contribution is 0.149. The first-order valence-electron chi connectivity index (χ1n) is 3.02. The van der Waals surface area contributed by atoms with Crippen LogP contribution in [0.2, 0.25) is 0 Å². The van der Waals surface area contributed by atoms with Crippen molar-refractivity contribution in [1.29, 1.82) is 0 Å². The van der Waals surface area contributed by atoms with Gasteiger partial charge in [0.2, 0.25) is 0 Å². The fourth-order valence-corrected chi connectivity index (χ4v) is 1.75. The van der Waals surface area contributed by atoms with Crippen LogP contribution in [0.5, 0.6) is 0 Å². The molecule has 0 N–H and O–H groups in total. The third kappa shape index (κ3) is 1.95. The highest BCUT2D eigenvalue weighted by molar-refractivity contribution is 7.77.